The van der Waals surface area contributed by atoms with Crippen molar-refractivity contribution in [1.29, 1.82) is 0 Å². The Hall–Kier alpha value is 0.290. The van der Waals surface area contributed by atoms with Gasteiger partial charge in [0.15, 0.2) is 0 Å². The molecule has 0 radical (unpaired) electrons. The fraction of sp³-hybridized carbons (Fsp3) is 0.636. The maximum Gasteiger partial charge on any atom is 0.411 e. The predicted molar refractivity (Wildman–Crippen MR) is 92.2 cm³/mol. The normalized spacial score (nSPS) is 19.8. The van der Waals surface area contributed by atoms with E-state index in [2.05, 4.69) is 55.1 Å². The van der Waals surface area contributed by atoms with Gasteiger partial charge in [-0.3, -0.25) is 4.90 Å². The molecule has 5 nitrogen and oxygen atoms in total. The molecule has 1 atom stereocenters. The van der Waals surface area contributed by atoms with E-state index in [0.717, 1.165) is 19.0 Å². The van der Waals surface area contributed by atoms with E-state index in [1.54, 1.807) is 16.7 Å². The Morgan fingerprint density at radius 2 is 2.21 bits per heavy atom. The Kier molecular flexibility index (Phi) is 4.92. The maximum atomic E-state index is 12.2. The predicted octanol–water partition coefficient (Wildman–Crippen LogP) is 3.60. The van der Waals surface area contributed by atoms with Crippen LogP contribution in [0, 0.1) is 7.40 Å². The van der Waals surface area contributed by atoms with Gasteiger partial charge >= 0.3 is 6.09 Å². The number of nitrogens with one attached hydrogen (secondary N) is 1. The van der Waals surface area contributed by atoms with Gasteiger partial charge in [0.1, 0.15) is 24.2 Å². The molecule has 106 valence electrons. The van der Waals surface area contributed by atoms with E-state index in [1.165, 1.54) is 0 Å². The second-order valence-electron chi connectivity index (χ2n) is 5.12. The van der Waals surface area contributed by atoms with Crippen molar-refractivity contribution in [2.24, 2.45) is 0 Å². The van der Waals surface area contributed by atoms with Crippen molar-refractivity contribution in [3.8, 4) is 0 Å². The standard InChI is InChI=1S/C11H15I2N3O2S/c1-11(2,3)18-10(17)16-4-5-19-9(16)8-14-6(12)7(13)15-8/h9H,4-5H2,1-3H3,(H,14,15)/t9-/m0/s1. The monoisotopic (exact) mass is 507 g/mol. The minimum absolute atomic E-state index is 0.0770. The molecule has 1 N–H and O–H groups in total. The lowest BCUT2D eigenvalue weighted by Gasteiger charge is -2.27. The van der Waals surface area contributed by atoms with Crippen LogP contribution in [-0.2, 0) is 4.74 Å². The molecule has 1 aliphatic rings. The highest BCUT2D eigenvalue weighted by atomic mass is 127. The van der Waals surface area contributed by atoms with E-state index >= 15 is 0 Å². The summed E-state index contributed by atoms with van der Waals surface area (Å²) in [6.07, 6.45) is -0.274. The number of aromatic nitrogens is 2. The van der Waals surface area contributed by atoms with Crippen LogP contribution in [0.4, 0.5) is 4.79 Å². The van der Waals surface area contributed by atoms with E-state index in [4.69, 9.17) is 4.74 Å². The Bertz CT molecular complexity index is 467. The lowest BCUT2D eigenvalue weighted by molar-refractivity contribution is 0.0249. The van der Waals surface area contributed by atoms with E-state index in [0.29, 0.717) is 6.54 Å². The number of thioether (sulfide) groups is 1. The fourth-order valence-corrected chi connectivity index (χ4v) is 3.63. The van der Waals surface area contributed by atoms with Crippen molar-refractivity contribution >= 4 is 63.0 Å². The van der Waals surface area contributed by atoms with Gasteiger partial charge in [-0.1, -0.05) is 0 Å². The molecule has 1 aromatic rings. The van der Waals surface area contributed by atoms with Crippen molar-refractivity contribution in [3.63, 3.8) is 0 Å². The van der Waals surface area contributed by atoms with Crippen LogP contribution in [0.5, 0.6) is 0 Å². The summed E-state index contributed by atoms with van der Waals surface area (Å²) in [5, 5.41) is -0.0770. The zero-order valence-corrected chi connectivity index (χ0v) is 16.0. The maximum absolute atomic E-state index is 12.2. The Labute approximate surface area is 143 Å². The SMILES string of the molecule is CC(C)(C)OC(=O)N1CCS[C@H]1c1nc(I)c(I)[nH]1. The van der Waals surface area contributed by atoms with Crippen LogP contribution in [0.1, 0.15) is 32.0 Å². The number of carbonyl (C=O) groups excluding carboxylic acids is 1. The number of halogens is 2. The van der Waals surface area contributed by atoms with Crippen LogP contribution in [-0.4, -0.2) is 38.9 Å². The quantitative estimate of drug-likeness (QED) is 0.591. The Morgan fingerprint density at radius 3 is 2.74 bits per heavy atom. The molecule has 0 aromatic carbocycles. The molecular weight excluding hydrogens is 492 g/mol. The summed E-state index contributed by atoms with van der Waals surface area (Å²) < 4.78 is 7.38. The smallest absolute Gasteiger partial charge is 0.411 e. The van der Waals surface area contributed by atoms with Gasteiger partial charge in [0, 0.05) is 12.3 Å². The van der Waals surface area contributed by atoms with Crippen molar-refractivity contribution in [3.05, 3.63) is 13.2 Å². The molecule has 2 heterocycles. The molecular formula is C11H15I2N3O2S. The molecule has 0 bridgehead atoms. The summed E-state index contributed by atoms with van der Waals surface area (Å²) in [6.45, 7) is 6.32. The average Bonchev–Trinajstić information content (AvgIpc) is 2.83. The summed E-state index contributed by atoms with van der Waals surface area (Å²) in [7, 11) is 0. The van der Waals surface area contributed by atoms with Gasteiger partial charge in [0.25, 0.3) is 0 Å². The fourth-order valence-electron chi connectivity index (χ4n) is 1.67. The molecule has 0 unspecified atom stereocenters. The highest BCUT2D eigenvalue weighted by molar-refractivity contribution is 14.1. The molecule has 2 rings (SSSR count). The molecule has 1 saturated heterocycles. The molecule has 1 fully saturated rings. The Morgan fingerprint density at radius 1 is 1.53 bits per heavy atom. The Balaban J connectivity index is 2.15. The number of H-pyrrole nitrogens is 1. The van der Waals surface area contributed by atoms with Gasteiger partial charge in [-0.05, 0) is 66.0 Å². The van der Waals surface area contributed by atoms with Crippen LogP contribution < -0.4 is 0 Å². The van der Waals surface area contributed by atoms with Crippen molar-refractivity contribution in [1.82, 2.24) is 14.9 Å². The van der Waals surface area contributed by atoms with Crippen molar-refractivity contribution in [2.45, 2.75) is 31.7 Å². The lowest BCUT2D eigenvalue weighted by atomic mass is 10.2. The number of imidazole rings is 1. The van der Waals surface area contributed by atoms with Gasteiger partial charge in [-0.2, -0.15) is 0 Å². The molecule has 0 saturated carbocycles. The highest BCUT2D eigenvalue weighted by Gasteiger charge is 2.35. The lowest BCUT2D eigenvalue weighted by Crippen LogP contribution is -2.36. The van der Waals surface area contributed by atoms with Crippen LogP contribution in [0.25, 0.3) is 0 Å². The van der Waals surface area contributed by atoms with Crippen molar-refractivity contribution in [2.75, 3.05) is 12.3 Å². The van der Waals surface area contributed by atoms with E-state index in [9.17, 15) is 4.79 Å². The highest BCUT2D eigenvalue weighted by Crippen LogP contribution is 2.37. The number of amides is 1. The van der Waals surface area contributed by atoms with Crippen LogP contribution in [0.2, 0.25) is 0 Å². The summed E-state index contributed by atoms with van der Waals surface area (Å²) in [4.78, 5) is 21.6. The van der Waals surface area contributed by atoms with Gasteiger partial charge < -0.3 is 9.72 Å². The molecule has 1 aliphatic heterocycles. The molecule has 19 heavy (non-hydrogen) atoms. The first-order valence-corrected chi connectivity index (χ1v) is 9.00. The summed E-state index contributed by atoms with van der Waals surface area (Å²) >= 11 is 6.10. The summed E-state index contributed by atoms with van der Waals surface area (Å²) in [5.41, 5.74) is -0.471. The van der Waals surface area contributed by atoms with E-state index in [-0.39, 0.29) is 11.5 Å². The van der Waals surface area contributed by atoms with Crippen LogP contribution in [0.3, 0.4) is 0 Å². The van der Waals surface area contributed by atoms with E-state index < -0.39 is 5.60 Å². The molecule has 8 heteroatoms. The summed E-state index contributed by atoms with van der Waals surface area (Å²) in [6, 6.07) is 0. The third-order valence-corrected chi connectivity index (χ3v) is 6.20. The average molecular weight is 507 g/mol. The number of ether oxygens (including phenoxy) is 1. The minimum Gasteiger partial charge on any atom is -0.444 e. The molecule has 0 aliphatic carbocycles. The van der Waals surface area contributed by atoms with E-state index in [1.807, 2.05) is 20.8 Å². The molecule has 0 spiro atoms. The number of carbonyl (C=O) groups is 1. The van der Waals surface area contributed by atoms with Gasteiger partial charge in [0.2, 0.25) is 0 Å². The zero-order chi connectivity index (χ0) is 14.2. The first-order chi connectivity index (χ1) is 8.78. The third-order valence-electron chi connectivity index (χ3n) is 2.39. The van der Waals surface area contributed by atoms with Gasteiger partial charge in [-0.15, -0.1) is 11.8 Å². The van der Waals surface area contributed by atoms with Crippen LogP contribution in [0.15, 0.2) is 0 Å². The number of rotatable bonds is 1. The third kappa shape index (κ3) is 3.90. The largest absolute Gasteiger partial charge is 0.444 e. The van der Waals surface area contributed by atoms with Gasteiger partial charge in [-0.25, -0.2) is 9.78 Å². The number of hydrogen-bond donors (Lipinski definition) is 1. The topological polar surface area (TPSA) is 58.2 Å². The second-order valence-corrected chi connectivity index (χ2v) is 8.41. The summed E-state index contributed by atoms with van der Waals surface area (Å²) in [5.74, 6) is 1.72. The molecule has 1 aromatic heterocycles. The first kappa shape index (κ1) is 15.7. The number of aromatic amines is 1. The zero-order valence-electron chi connectivity index (χ0n) is 10.9. The minimum atomic E-state index is -0.471. The first-order valence-electron chi connectivity index (χ1n) is 5.80. The molecule has 1 amide bonds. The number of hydrogen-bond acceptors (Lipinski definition) is 4. The number of nitrogens with zero attached hydrogens (tertiary/aromatic N) is 2. The van der Waals surface area contributed by atoms with Gasteiger partial charge in [0.05, 0.1) is 0 Å². The van der Waals surface area contributed by atoms with Crippen LogP contribution >= 0.6 is 56.9 Å². The van der Waals surface area contributed by atoms with Crippen molar-refractivity contribution < 1.29 is 9.53 Å². The second kappa shape index (κ2) is 5.96.